The number of nitrogens with one attached hydrogen (secondary N) is 1. The minimum atomic E-state index is -1.08. The molecule has 3 rings (SSSR count). The van der Waals surface area contributed by atoms with Gasteiger partial charge in [-0.05, 0) is 49.6 Å². The molecule has 0 aliphatic carbocycles. The van der Waals surface area contributed by atoms with Crippen LogP contribution in [-0.2, 0) is 14.4 Å². The second-order valence-corrected chi connectivity index (χ2v) is 8.15. The van der Waals surface area contributed by atoms with Crippen molar-refractivity contribution in [3.05, 3.63) is 58.3 Å². The zero-order chi connectivity index (χ0) is 22.5. The summed E-state index contributed by atoms with van der Waals surface area (Å²) in [4.78, 5) is 37.2. The standard InChI is InChI=1S/C22H23Cl2N3O4/c1-14(22(30)31)25-21(29)16-8-12-27(13-9-16)18(28)7-5-15-4-6-17(20(24)19(15)23)26-10-2-3-11-26/h2-7,10-11,14,16H,8-9,12-13H2,1H3,(H,25,29)(H,30,31)/b7-5+. The van der Waals surface area contributed by atoms with E-state index >= 15 is 0 Å². The van der Waals surface area contributed by atoms with Crippen LogP contribution in [0, 0.1) is 5.92 Å². The van der Waals surface area contributed by atoms with E-state index in [-0.39, 0.29) is 17.7 Å². The second-order valence-electron chi connectivity index (χ2n) is 7.39. The Morgan fingerprint density at radius 1 is 1.13 bits per heavy atom. The number of carbonyl (C=O) groups excluding carboxylic acids is 2. The summed E-state index contributed by atoms with van der Waals surface area (Å²) < 4.78 is 1.85. The molecule has 0 bridgehead atoms. The van der Waals surface area contributed by atoms with E-state index in [9.17, 15) is 14.4 Å². The van der Waals surface area contributed by atoms with Crippen molar-refractivity contribution in [1.29, 1.82) is 0 Å². The van der Waals surface area contributed by atoms with Gasteiger partial charge in [-0.15, -0.1) is 0 Å². The van der Waals surface area contributed by atoms with Crippen molar-refractivity contribution in [3.8, 4) is 5.69 Å². The van der Waals surface area contributed by atoms with E-state index in [1.165, 1.54) is 13.0 Å². The number of carboxylic acid groups (broad SMARTS) is 1. The van der Waals surface area contributed by atoms with E-state index in [1.54, 1.807) is 17.0 Å². The number of carboxylic acids is 1. The van der Waals surface area contributed by atoms with Crippen molar-refractivity contribution in [2.45, 2.75) is 25.8 Å². The molecular weight excluding hydrogens is 441 g/mol. The smallest absolute Gasteiger partial charge is 0.325 e. The molecule has 31 heavy (non-hydrogen) atoms. The lowest BCUT2D eigenvalue weighted by atomic mass is 9.95. The minimum absolute atomic E-state index is 0.181. The third-order valence-corrected chi connectivity index (χ3v) is 6.17. The first-order valence-electron chi connectivity index (χ1n) is 9.89. The van der Waals surface area contributed by atoms with Crippen molar-refractivity contribution < 1.29 is 19.5 Å². The summed E-state index contributed by atoms with van der Waals surface area (Å²) in [5, 5.41) is 12.1. The molecule has 0 radical (unpaired) electrons. The number of rotatable bonds is 6. The Morgan fingerprint density at radius 2 is 1.77 bits per heavy atom. The van der Waals surface area contributed by atoms with Gasteiger partial charge >= 0.3 is 5.97 Å². The Balaban J connectivity index is 1.58. The Hall–Kier alpha value is -2.77. The van der Waals surface area contributed by atoms with Crippen molar-refractivity contribution in [1.82, 2.24) is 14.8 Å². The van der Waals surface area contributed by atoms with Crippen LogP contribution < -0.4 is 5.32 Å². The van der Waals surface area contributed by atoms with Gasteiger partial charge in [0.25, 0.3) is 0 Å². The number of benzene rings is 1. The molecular formula is C22H23Cl2N3O4. The maximum atomic E-state index is 12.5. The zero-order valence-electron chi connectivity index (χ0n) is 16.9. The van der Waals surface area contributed by atoms with Crippen LogP contribution in [0.4, 0.5) is 0 Å². The van der Waals surface area contributed by atoms with Gasteiger partial charge in [0.05, 0.1) is 15.7 Å². The molecule has 9 heteroatoms. The molecule has 164 valence electrons. The number of aromatic nitrogens is 1. The van der Waals surface area contributed by atoms with Crippen LogP contribution in [0.15, 0.2) is 42.7 Å². The highest BCUT2D eigenvalue weighted by Crippen LogP contribution is 2.32. The van der Waals surface area contributed by atoms with E-state index < -0.39 is 12.0 Å². The van der Waals surface area contributed by atoms with Gasteiger partial charge in [0, 0.05) is 37.5 Å². The molecule has 2 amide bonds. The molecule has 1 aromatic carbocycles. The highest BCUT2D eigenvalue weighted by molar-refractivity contribution is 6.44. The lowest BCUT2D eigenvalue weighted by Gasteiger charge is -2.31. The Bertz CT molecular complexity index is 996. The summed E-state index contributed by atoms with van der Waals surface area (Å²) in [6.07, 6.45) is 7.76. The normalized spacial score (nSPS) is 15.8. The van der Waals surface area contributed by atoms with Crippen LogP contribution in [-0.4, -0.2) is 51.5 Å². The van der Waals surface area contributed by atoms with Gasteiger partial charge < -0.3 is 19.9 Å². The molecule has 0 saturated carbocycles. The number of piperidine rings is 1. The number of aliphatic carboxylic acids is 1. The van der Waals surface area contributed by atoms with Crippen LogP contribution >= 0.6 is 23.2 Å². The summed E-state index contributed by atoms with van der Waals surface area (Å²) >= 11 is 12.8. The topological polar surface area (TPSA) is 91.6 Å². The number of amides is 2. The largest absolute Gasteiger partial charge is 0.480 e. The van der Waals surface area contributed by atoms with Gasteiger partial charge in [0.1, 0.15) is 6.04 Å². The average Bonchev–Trinajstić information content (AvgIpc) is 3.29. The van der Waals surface area contributed by atoms with Crippen molar-refractivity contribution in [3.63, 3.8) is 0 Å². The fourth-order valence-corrected chi connectivity index (χ4v) is 3.89. The number of carbonyl (C=O) groups is 3. The molecule has 1 aliphatic rings. The Kier molecular flexibility index (Phi) is 7.41. The summed E-state index contributed by atoms with van der Waals surface area (Å²) in [5.41, 5.74) is 1.38. The predicted molar refractivity (Wildman–Crippen MR) is 119 cm³/mol. The van der Waals surface area contributed by atoms with Crippen LogP contribution in [0.3, 0.4) is 0 Å². The maximum Gasteiger partial charge on any atom is 0.325 e. The second kappa shape index (κ2) is 10.0. The third kappa shape index (κ3) is 5.48. The molecule has 1 unspecified atom stereocenters. The van der Waals surface area contributed by atoms with Crippen molar-refractivity contribution in [2.75, 3.05) is 13.1 Å². The predicted octanol–water partition coefficient (Wildman–Crippen LogP) is 3.63. The Morgan fingerprint density at radius 3 is 2.39 bits per heavy atom. The maximum absolute atomic E-state index is 12.5. The fraction of sp³-hybridized carbons (Fsp3) is 0.318. The van der Waals surface area contributed by atoms with E-state index in [2.05, 4.69) is 5.32 Å². The average molecular weight is 464 g/mol. The van der Waals surface area contributed by atoms with Gasteiger partial charge in [-0.1, -0.05) is 29.3 Å². The van der Waals surface area contributed by atoms with E-state index in [0.717, 1.165) is 5.69 Å². The number of hydrogen-bond donors (Lipinski definition) is 2. The molecule has 0 spiro atoms. The monoisotopic (exact) mass is 463 g/mol. The number of hydrogen-bond acceptors (Lipinski definition) is 3. The number of nitrogens with zero attached hydrogens (tertiary/aromatic N) is 2. The first-order valence-corrected chi connectivity index (χ1v) is 10.6. The van der Waals surface area contributed by atoms with Gasteiger partial charge in [0.2, 0.25) is 11.8 Å². The molecule has 1 saturated heterocycles. The van der Waals surface area contributed by atoms with Gasteiger partial charge in [-0.25, -0.2) is 0 Å². The third-order valence-electron chi connectivity index (χ3n) is 5.29. The van der Waals surface area contributed by atoms with Crippen molar-refractivity contribution >= 4 is 47.1 Å². The minimum Gasteiger partial charge on any atom is -0.480 e. The van der Waals surface area contributed by atoms with Crippen LogP contribution in [0.1, 0.15) is 25.3 Å². The van der Waals surface area contributed by atoms with Crippen LogP contribution in [0.2, 0.25) is 10.0 Å². The summed E-state index contributed by atoms with van der Waals surface area (Å²) in [5.74, 6) is -1.85. The first kappa shape index (κ1) is 22.9. The van der Waals surface area contributed by atoms with Gasteiger partial charge in [-0.3, -0.25) is 14.4 Å². The molecule has 1 aliphatic heterocycles. The first-order chi connectivity index (χ1) is 14.8. The lowest BCUT2D eigenvalue weighted by Crippen LogP contribution is -2.46. The van der Waals surface area contributed by atoms with E-state index in [0.29, 0.717) is 41.5 Å². The van der Waals surface area contributed by atoms with Crippen LogP contribution in [0.5, 0.6) is 0 Å². The highest BCUT2D eigenvalue weighted by Gasteiger charge is 2.28. The van der Waals surface area contributed by atoms with Gasteiger partial charge in [-0.2, -0.15) is 0 Å². The Labute approximate surface area is 190 Å². The van der Waals surface area contributed by atoms with E-state index in [1.807, 2.05) is 35.2 Å². The molecule has 2 heterocycles. The van der Waals surface area contributed by atoms with Crippen LogP contribution in [0.25, 0.3) is 11.8 Å². The lowest BCUT2D eigenvalue weighted by molar-refractivity contribution is -0.142. The molecule has 2 N–H and O–H groups in total. The molecule has 1 fully saturated rings. The van der Waals surface area contributed by atoms with E-state index in [4.69, 9.17) is 28.3 Å². The SMILES string of the molecule is CC(NC(=O)C1CCN(C(=O)/C=C/c2ccc(-n3cccc3)c(Cl)c2Cl)CC1)C(=O)O. The number of halogens is 2. The molecule has 1 atom stereocenters. The molecule has 1 aromatic heterocycles. The summed E-state index contributed by atoms with van der Waals surface area (Å²) in [6, 6.07) is 6.47. The highest BCUT2D eigenvalue weighted by atomic mass is 35.5. The fourth-order valence-electron chi connectivity index (χ4n) is 3.40. The zero-order valence-corrected chi connectivity index (χ0v) is 18.4. The molecule has 2 aromatic rings. The molecule has 7 nitrogen and oxygen atoms in total. The van der Waals surface area contributed by atoms with Gasteiger partial charge in [0.15, 0.2) is 0 Å². The summed E-state index contributed by atoms with van der Waals surface area (Å²) in [7, 11) is 0. The number of likely N-dealkylation sites (tertiary alicyclic amines) is 1. The van der Waals surface area contributed by atoms with Crippen molar-refractivity contribution in [2.24, 2.45) is 5.92 Å². The summed E-state index contributed by atoms with van der Waals surface area (Å²) in [6.45, 7) is 2.26. The quantitative estimate of drug-likeness (QED) is 0.639.